The van der Waals surface area contributed by atoms with E-state index in [1.807, 2.05) is 30.3 Å². The Morgan fingerprint density at radius 1 is 0.886 bits per heavy atom. The van der Waals surface area contributed by atoms with Crippen LogP contribution in [0.2, 0.25) is 0 Å². The Labute approximate surface area is 203 Å². The minimum absolute atomic E-state index is 0.0272. The number of nitrogens with zero attached hydrogens (tertiary/aromatic N) is 1. The minimum atomic E-state index is -0.207. The molecule has 4 aromatic rings. The molecule has 0 saturated heterocycles. The standard InChI is InChI=1S/C28H28N4O3/c1-35-23-14-12-22(13-15-23)30-28(34)20-11-16-24-25(17-20)32-26(31-24)18-7-9-19(10-8-18)27(33)29-21-5-3-2-4-6-21/h7-17,21H,2-6H2,1H3,(H,29,33)(H,30,34)(H,31,32). The number of aromatic nitrogens is 2. The Bertz CT molecular complexity index is 1340. The number of imidazole rings is 1. The zero-order valence-corrected chi connectivity index (χ0v) is 19.6. The van der Waals surface area contributed by atoms with Crippen molar-refractivity contribution in [3.05, 3.63) is 77.9 Å². The Morgan fingerprint density at radius 2 is 1.60 bits per heavy atom. The molecule has 5 rings (SSSR count). The topological polar surface area (TPSA) is 96.1 Å². The van der Waals surface area contributed by atoms with E-state index in [0.717, 1.165) is 35.2 Å². The predicted molar refractivity (Wildman–Crippen MR) is 137 cm³/mol. The first-order valence-corrected chi connectivity index (χ1v) is 12.0. The molecule has 1 aliphatic rings. The molecule has 1 aliphatic carbocycles. The second-order valence-electron chi connectivity index (χ2n) is 8.89. The lowest BCUT2D eigenvalue weighted by Crippen LogP contribution is -2.36. The molecule has 1 saturated carbocycles. The van der Waals surface area contributed by atoms with E-state index in [0.29, 0.717) is 22.6 Å². The van der Waals surface area contributed by atoms with Gasteiger partial charge >= 0.3 is 0 Å². The monoisotopic (exact) mass is 468 g/mol. The normalized spacial score (nSPS) is 14.0. The summed E-state index contributed by atoms with van der Waals surface area (Å²) in [5.41, 5.74) is 4.27. The van der Waals surface area contributed by atoms with Gasteiger partial charge in [0.2, 0.25) is 0 Å². The molecular weight excluding hydrogens is 440 g/mol. The highest BCUT2D eigenvalue weighted by Crippen LogP contribution is 2.23. The molecule has 0 bridgehead atoms. The molecule has 7 heteroatoms. The first-order chi connectivity index (χ1) is 17.1. The number of fused-ring (bicyclic) bond motifs is 1. The molecule has 3 N–H and O–H groups in total. The average molecular weight is 469 g/mol. The first kappa shape index (κ1) is 22.7. The van der Waals surface area contributed by atoms with Crippen LogP contribution < -0.4 is 15.4 Å². The minimum Gasteiger partial charge on any atom is -0.497 e. The Morgan fingerprint density at radius 3 is 2.31 bits per heavy atom. The maximum Gasteiger partial charge on any atom is 0.255 e. The molecule has 0 spiro atoms. The van der Waals surface area contributed by atoms with Crippen LogP contribution in [0.3, 0.4) is 0 Å². The average Bonchev–Trinajstić information content (AvgIpc) is 3.33. The van der Waals surface area contributed by atoms with Crippen LogP contribution in [0.5, 0.6) is 5.75 Å². The summed E-state index contributed by atoms with van der Waals surface area (Å²) in [5.74, 6) is 1.18. The van der Waals surface area contributed by atoms with Crippen molar-refractivity contribution >= 4 is 28.5 Å². The number of carbonyl (C=O) groups excluding carboxylic acids is 2. The number of hydrogen-bond acceptors (Lipinski definition) is 4. The largest absolute Gasteiger partial charge is 0.497 e. The van der Waals surface area contributed by atoms with Gasteiger partial charge in [0.1, 0.15) is 11.6 Å². The van der Waals surface area contributed by atoms with Gasteiger partial charge in [-0.1, -0.05) is 31.4 Å². The van der Waals surface area contributed by atoms with Gasteiger partial charge in [-0.3, -0.25) is 9.59 Å². The van der Waals surface area contributed by atoms with Crippen LogP contribution in [0, 0.1) is 0 Å². The Hall–Kier alpha value is -4.13. The number of H-pyrrole nitrogens is 1. The molecule has 0 unspecified atom stereocenters. The van der Waals surface area contributed by atoms with E-state index in [9.17, 15) is 9.59 Å². The summed E-state index contributed by atoms with van der Waals surface area (Å²) in [4.78, 5) is 33.3. The molecule has 0 aliphatic heterocycles. The quantitative estimate of drug-likeness (QED) is 0.345. The van der Waals surface area contributed by atoms with Crippen LogP contribution in [0.4, 0.5) is 5.69 Å². The molecule has 178 valence electrons. The maximum atomic E-state index is 12.7. The third-order valence-corrected chi connectivity index (χ3v) is 6.45. The zero-order chi connectivity index (χ0) is 24.2. The number of amides is 2. The van der Waals surface area contributed by atoms with Gasteiger partial charge < -0.3 is 20.4 Å². The van der Waals surface area contributed by atoms with Crippen LogP contribution in [0.1, 0.15) is 52.8 Å². The third kappa shape index (κ3) is 5.19. The molecule has 35 heavy (non-hydrogen) atoms. The van der Waals surface area contributed by atoms with Crippen molar-refractivity contribution in [3.63, 3.8) is 0 Å². The summed E-state index contributed by atoms with van der Waals surface area (Å²) in [6.07, 6.45) is 5.74. The number of rotatable bonds is 6. The highest BCUT2D eigenvalue weighted by atomic mass is 16.5. The maximum absolute atomic E-state index is 12.7. The second-order valence-corrected chi connectivity index (χ2v) is 8.89. The fourth-order valence-electron chi connectivity index (χ4n) is 4.46. The number of benzene rings is 3. The van der Waals surface area contributed by atoms with E-state index < -0.39 is 0 Å². The van der Waals surface area contributed by atoms with Gasteiger partial charge in [0, 0.05) is 28.4 Å². The number of methoxy groups -OCH3 is 1. The third-order valence-electron chi connectivity index (χ3n) is 6.45. The summed E-state index contributed by atoms with van der Waals surface area (Å²) >= 11 is 0. The predicted octanol–water partition coefficient (Wildman–Crippen LogP) is 5.55. The zero-order valence-electron chi connectivity index (χ0n) is 19.6. The highest BCUT2D eigenvalue weighted by Gasteiger charge is 2.17. The lowest BCUT2D eigenvalue weighted by Gasteiger charge is -2.22. The number of ether oxygens (including phenoxy) is 1. The van der Waals surface area contributed by atoms with E-state index in [2.05, 4.69) is 20.6 Å². The molecule has 3 aromatic carbocycles. The molecule has 0 radical (unpaired) electrons. The number of carbonyl (C=O) groups is 2. The van der Waals surface area contributed by atoms with Crippen LogP contribution >= 0.6 is 0 Å². The fraction of sp³-hybridized carbons (Fsp3) is 0.250. The summed E-state index contributed by atoms with van der Waals surface area (Å²) in [6.45, 7) is 0. The van der Waals surface area contributed by atoms with E-state index in [1.54, 1.807) is 43.5 Å². The molecule has 1 aromatic heterocycles. The summed E-state index contributed by atoms with van der Waals surface area (Å²) in [5, 5.41) is 6.04. The number of hydrogen-bond donors (Lipinski definition) is 3. The molecular formula is C28H28N4O3. The summed E-state index contributed by atoms with van der Waals surface area (Å²) in [7, 11) is 1.60. The highest BCUT2D eigenvalue weighted by molar-refractivity contribution is 6.06. The van der Waals surface area contributed by atoms with Gasteiger partial charge in [-0.15, -0.1) is 0 Å². The first-order valence-electron chi connectivity index (χ1n) is 12.0. The molecule has 7 nitrogen and oxygen atoms in total. The van der Waals surface area contributed by atoms with Crippen molar-refractivity contribution in [1.82, 2.24) is 15.3 Å². The molecule has 1 heterocycles. The van der Waals surface area contributed by atoms with Crippen molar-refractivity contribution in [2.24, 2.45) is 0 Å². The molecule has 0 atom stereocenters. The van der Waals surface area contributed by atoms with Crippen molar-refractivity contribution in [1.29, 1.82) is 0 Å². The van der Waals surface area contributed by atoms with Crippen LogP contribution in [0.25, 0.3) is 22.4 Å². The second kappa shape index (κ2) is 10.0. The SMILES string of the molecule is COc1ccc(NC(=O)c2ccc3nc(-c4ccc(C(=O)NC5CCCCC5)cc4)[nH]c3c2)cc1. The summed E-state index contributed by atoms with van der Waals surface area (Å²) < 4.78 is 5.15. The van der Waals surface area contributed by atoms with Crippen molar-refractivity contribution in [2.45, 2.75) is 38.1 Å². The van der Waals surface area contributed by atoms with Crippen LogP contribution in [-0.4, -0.2) is 34.9 Å². The fourth-order valence-corrected chi connectivity index (χ4v) is 4.46. The lowest BCUT2D eigenvalue weighted by atomic mass is 9.95. The van der Waals surface area contributed by atoms with Crippen molar-refractivity contribution in [3.8, 4) is 17.1 Å². The van der Waals surface area contributed by atoms with Crippen LogP contribution in [-0.2, 0) is 0 Å². The van der Waals surface area contributed by atoms with Gasteiger partial charge in [-0.05, 0) is 67.4 Å². The van der Waals surface area contributed by atoms with Crippen molar-refractivity contribution in [2.75, 3.05) is 12.4 Å². The van der Waals surface area contributed by atoms with Gasteiger partial charge in [0.05, 0.1) is 18.1 Å². The van der Waals surface area contributed by atoms with E-state index in [4.69, 9.17) is 4.74 Å². The summed E-state index contributed by atoms with van der Waals surface area (Å²) in [6, 6.07) is 20.3. The van der Waals surface area contributed by atoms with Crippen LogP contribution in [0.15, 0.2) is 66.7 Å². The Balaban J connectivity index is 1.28. The van der Waals surface area contributed by atoms with Gasteiger partial charge in [-0.25, -0.2) is 4.98 Å². The van der Waals surface area contributed by atoms with Crippen molar-refractivity contribution < 1.29 is 14.3 Å². The number of aromatic amines is 1. The van der Waals surface area contributed by atoms with Gasteiger partial charge in [0.15, 0.2) is 0 Å². The Kier molecular flexibility index (Phi) is 6.48. The van der Waals surface area contributed by atoms with Gasteiger partial charge in [0.25, 0.3) is 11.8 Å². The molecule has 2 amide bonds. The number of anilines is 1. The van der Waals surface area contributed by atoms with E-state index in [1.165, 1.54) is 19.3 Å². The van der Waals surface area contributed by atoms with Gasteiger partial charge in [-0.2, -0.15) is 0 Å². The smallest absolute Gasteiger partial charge is 0.255 e. The van der Waals surface area contributed by atoms with E-state index >= 15 is 0 Å². The lowest BCUT2D eigenvalue weighted by molar-refractivity contribution is 0.0927. The number of nitrogens with one attached hydrogen (secondary N) is 3. The van der Waals surface area contributed by atoms with E-state index in [-0.39, 0.29) is 17.9 Å². The molecule has 1 fully saturated rings.